The molecule has 0 rings (SSSR count). The highest BCUT2D eigenvalue weighted by atomic mass is 16.3. The molecule has 1 unspecified atom stereocenters. The highest BCUT2D eigenvalue weighted by Gasteiger charge is 2.04. The Labute approximate surface area is 80.6 Å². The Balaban J connectivity index is 3.27. The van der Waals surface area contributed by atoms with E-state index in [0.717, 1.165) is 19.5 Å². The molecule has 0 saturated heterocycles. The van der Waals surface area contributed by atoms with E-state index in [4.69, 9.17) is 10.2 Å². The molecular weight excluding hydrogens is 168 g/mol. The van der Waals surface area contributed by atoms with E-state index in [1.54, 1.807) is 0 Å². The topological polar surface area (TPSA) is 55.7 Å². The average Bonchev–Trinajstić information content (AvgIpc) is 2.10. The van der Waals surface area contributed by atoms with Crippen LogP contribution in [0.15, 0.2) is 0 Å². The van der Waals surface area contributed by atoms with Crippen LogP contribution >= 0.6 is 0 Å². The third-order valence-corrected chi connectivity index (χ3v) is 1.91. The van der Waals surface area contributed by atoms with Gasteiger partial charge in [0.15, 0.2) is 0 Å². The summed E-state index contributed by atoms with van der Waals surface area (Å²) in [6, 6.07) is 0.0483. The summed E-state index contributed by atoms with van der Waals surface area (Å²) >= 11 is 0. The van der Waals surface area contributed by atoms with Crippen LogP contribution in [0.1, 0.15) is 12.8 Å². The molecule has 13 heavy (non-hydrogen) atoms. The van der Waals surface area contributed by atoms with E-state index in [1.165, 1.54) is 0 Å². The van der Waals surface area contributed by atoms with Crippen molar-refractivity contribution >= 4 is 0 Å². The molecule has 0 aliphatic rings. The summed E-state index contributed by atoms with van der Waals surface area (Å²) < 4.78 is 0. The van der Waals surface area contributed by atoms with Gasteiger partial charge in [0.2, 0.25) is 0 Å². The smallest absolute Gasteiger partial charge is 0.0585 e. The minimum absolute atomic E-state index is 0.0483. The largest absolute Gasteiger partial charge is 0.396 e. The number of aliphatic hydroxyl groups excluding tert-OH is 2. The Bertz CT molecular complexity index is 110. The fourth-order valence-electron chi connectivity index (χ4n) is 1.12. The van der Waals surface area contributed by atoms with E-state index in [0.29, 0.717) is 6.42 Å². The van der Waals surface area contributed by atoms with Crippen molar-refractivity contribution in [3.8, 4) is 0 Å². The number of rotatable bonds is 8. The molecule has 4 heteroatoms. The fourth-order valence-corrected chi connectivity index (χ4v) is 1.12. The van der Waals surface area contributed by atoms with Gasteiger partial charge in [0.05, 0.1) is 6.61 Å². The third-order valence-electron chi connectivity index (χ3n) is 1.91. The monoisotopic (exact) mass is 190 g/mol. The van der Waals surface area contributed by atoms with Crippen molar-refractivity contribution in [1.29, 1.82) is 0 Å². The Morgan fingerprint density at radius 1 is 1.31 bits per heavy atom. The van der Waals surface area contributed by atoms with E-state index in [-0.39, 0.29) is 19.3 Å². The van der Waals surface area contributed by atoms with Gasteiger partial charge >= 0.3 is 0 Å². The van der Waals surface area contributed by atoms with Crippen LogP contribution in [0.2, 0.25) is 0 Å². The van der Waals surface area contributed by atoms with Crippen LogP contribution in [0.4, 0.5) is 0 Å². The van der Waals surface area contributed by atoms with Gasteiger partial charge in [-0.1, -0.05) is 0 Å². The van der Waals surface area contributed by atoms with Crippen LogP contribution in [0.5, 0.6) is 0 Å². The molecule has 0 bridgehead atoms. The SMILES string of the molecule is CN(C)CCCNC(CO)CCO. The number of hydrogen-bond acceptors (Lipinski definition) is 4. The van der Waals surface area contributed by atoms with Gasteiger partial charge in [-0.25, -0.2) is 0 Å². The first-order valence-electron chi connectivity index (χ1n) is 4.80. The molecule has 0 radical (unpaired) electrons. The summed E-state index contributed by atoms with van der Waals surface area (Å²) in [7, 11) is 4.08. The molecule has 0 amide bonds. The molecule has 80 valence electrons. The minimum Gasteiger partial charge on any atom is -0.396 e. The van der Waals surface area contributed by atoms with Crippen LogP contribution in [0, 0.1) is 0 Å². The normalized spacial score (nSPS) is 13.6. The first-order valence-corrected chi connectivity index (χ1v) is 4.80. The Morgan fingerprint density at radius 2 is 2.00 bits per heavy atom. The average molecular weight is 190 g/mol. The van der Waals surface area contributed by atoms with Crippen LogP contribution in [0.3, 0.4) is 0 Å². The molecule has 0 heterocycles. The maximum atomic E-state index is 8.88. The lowest BCUT2D eigenvalue weighted by molar-refractivity contribution is 0.199. The lowest BCUT2D eigenvalue weighted by Gasteiger charge is -2.15. The van der Waals surface area contributed by atoms with Crippen molar-refractivity contribution in [3.05, 3.63) is 0 Å². The molecule has 0 aromatic carbocycles. The lowest BCUT2D eigenvalue weighted by Crippen LogP contribution is -2.35. The zero-order valence-corrected chi connectivity index (χ0v) is 8.66. The highest BCUT2D eigenvalue weighted by Crippen LogP contribution is 1.90. The highest BCUT2D eigenvalue weighted by molar-refractivity contribution is 4.64. The molecule has 0 aromatic rings. The summed E-state index contributed by atoms with van der Waals surface area (Å²) in [5.41, 5.74) is 0. The van der Waals surface area contributed by atoms with E-state index >= 15 is 0 Å². The molecule has 1 atom stereocenters. The van der Waals surface area contributed by atoms with Gasteiger partial charge in [-0.05, 0) is 40.0 Å². The predicted molar refractivity (Wildman–Crippen MR) is 53.8 cm³/mol. The second-order valence-corrected chi connectivity index (χ2v) is 3.50. The van der Waals surface area contributed by atoms with E-state index < -0.39 is 0 Å². The predicted octanol–water partition coefficient (Wildman–Crippen LogP) is -0.729. The number of nitrogens with zero attached hydrogens (tertiary/aromatic N) is 1. The first-order chi connectivity index (χ1) is 6.20. The summed E-state index contributed by atoms with van der Waals surface area (Å²) in [6.07, 6.45) is 1.69. The van der Waals surface area contributed by atoms with Crippen LogP contribution in [-0.4, -0.2) is 61.6 Å². The zero-order valence-electron chi connectivity index (χ0n) is 8.66. The molecule has 4 nitrogen and oxygen atoms in total. The van der Waals surface area contributed by atoms with Crippen LogP contribution < -0.4 is 5.32 Å². The molecule has 3 N–H and O–H groups in total. The maximum Gasteiger partial charge on any atom is 0.0585 e. The molecule has 0 fully saturated rings. The van der Waals surface area contributed by atoms with Crippen molar-refractivity contribution in [3.63, 3.8) is 0 Å². The molecular formula is C9H22N2O2. The lowest BCUT2D eigenvalue weighted by atomic mass is 10.2. The molecule has 0 saturated carbocycles. The van der Waals surface area contributed by atoms with Gasteiger partial charge in [0.1, 0.15) is 0 Å². The van der Waals surface area contributed by atoms with Gasteiger partial charge in [0.25, 0.3) is 0 Å². The number of hydrogen-bond donors (Lipinski definition) is 3. The summed E-state index contributed by atoms with van der Waals surface area (Å²) in [6.45, 7) is 2.17. The first kappa shape index (κ1) is 12.8. The molecule has 0 aromatic heterocycles. The summed E-state index contributed by atoms with van der Waals surface area (Å²) in [5, 5.41) is 20.7. The summed E-state index contributed by atoms with van der Waals surface area (Å²) in [5.74, 6) is 0. The van der Waals surface area contributed by atoms with Gasteiger partial charge in [-0.2, -0.15) is 0 Å². The quantitative estimate of drug-likeness (QED) is 0.442. The Hall–Kier alpha value is -0.160. The van der Waals surface area contributed by atoms with Gasteiger partial charge < -0.3 is 20.4 Å². The summed E-state index contributed by atoms with van der Waals surface area (Å²) in [4.78, 5) is 2.13. The second kappa shape index (κ2) is 8.44. The van der Waals surface area contributed by atoms with Crippen LogP contribution in [0.25, 0.3) is 0 Å². The fraction of sp³-hybridized carbons (Fsp3) is 1.00. The Kier molecular flexibility index (Phi) is 8.33. The van der Waals surface area contributed by atoms with Gasteiger partial charge in [-0.15, -0.1) is 0 Å². The number of nitrogens with one attached hydrogen (secondary N) is 1. The standard InChI is InChI=1S/C9H22N2O2/c1-11(2)6-3-5-10-9(8-13)4-7-12/h9-10,12-13H,3-8H2,1-2H3. The molecule has 0 aliphatic carbocycles. The zero-order chi connectivity index (χ0) is 10.1. The van der Waals surface area contributed by atoms with E-state index in [1.807, 2.05) is 14.1 Å². The van der Waals surface area contributed by atoms with E-state index in [2.05, 4.69) is 10.2 Å². The van der Waals surface area contributed by atoms with Gasteiger partial charge in [-0.3, -0.25) is 0 Å². The van der Waals surface area contributed by atoms with Crippen molar-refractivity contribution in [1.82, 2.24) is 10.2 Å². The van der Waals surface area contributed by atoms with Crippen molar-refractivity contribution in [2.75, 3.05) is 40.4 Å². The molecule has 0 spiro atoms. The molecule has 0 aliphatic heterocycles. The third kappa shape index (κ3) is 8.18. The van der Waals surface area contributed by atoms with E-state index in [9.17, 15) is 0 Å². The minimum atomic E-state index is 0.0483. The number of aliphatic hydroxyl groups is 2. The second-order valence-electron chi connectivity index (χ2n) is 3.50. The van der Waals surface area contributed by atoms with Crippen molar-refractivity contribution in [2.45, 2.75) is 18.9 Å². The van der Waals surface area contributed by atoms with Crippen LogP contribution in [-0.2, 0) is 0 Å². The Morgan fingerprint density at radius 3 is 2.46 bits per heavy atom. The maximum absolute atomic E-state index is 8.88. The van der Waals surface area contributed by atoms with Gasteiger partial charge in [0, 0.05) is 12.6 Å². The van der Waals surface area contributed by atoms with Crippen molar-refractivity contribution in [2.24, 2.45) is 0 Å². The van der Waals surface area contributed by atoms with Crippen molar-refractivity contribution < 1.29 is 10.2 Å².